The number of nitrogens with one attached hydrogen (secondary N) is 2. The molecule has 32 heavy (non-hydrogen) atoms. The molecule has 0 atom stereocenters. The number of imide groups is 1. The first-order valence-corrected chi connectivity index (χ1v) is 12.3. The van der Waals surface area contributed by atoms with Gasteiger partial charge in [0.15, 0.2) is 5.13 Å². The third kappa shape index (κ3) is 4.70. The molecule has 4 rings (SSSR count). The molecule has 0 unspecified atom stereocenters. The molecule has 2 N–H and O–H groups in total. The molecule has 1 saturated carbocycles. The highest BCUT2D eigenvalue weighted by atomic mass is 32.1. The maximum Gasteiger partial charge on any atom is 0.325 e. The number of unbranched alkanes of at least 4 members (excludes halogenated alkanes) is 1. The van der Waals surface area contributed by atoms with Crippen molar-refractivity contribution in [3.63, 3.8) is 0 Å². The second-order valence-electron chi connectivity index (χ2n) is 8.97. The molecule has 1 aliphatic carbocycles. The van der Waals surface area contributed by atoms with Gasteiger partial charge in [0.25, 0.3) is 5.91 Å². The van der Waals surface area contributed by atoms with Crippen LogP contribution in [0.4, 0.5) is 9.93 Å². The van der Waals surface area contributed by atoms with Crippen LogP contribution in [-0.2, 0) is 16.0 Å². The van der Waals surface area contributed by atoms with Crippen LogP contribution in [0.2, 0.25) is 0 Å². The Bertz CT molecular complexity index is 993. The summed E-state index contributed by atoms with van der Waals surface area (Å²) in [6, 6.07) is 7.83. The van der Waals surface area contributed by atoms with E-state index in [9.17, 15) is 14.4 Å². The lowest BCUT2D eigenvalue weighted by Crippen LogP contribution is -2.49. The van der Waals surface area contributed by atoms with Gasteiger partial charge in [0.1, 0.15) is 12.1 Å². The minimum atomic E-state index is -0.832. The van der Waals surface area contributed by atoms with E-state index in [-0.39, 0.29) is 12.5 Å². The van der Waals surface area contributed by atoms with E-state index < -0.39 is 17.5 Å². The number of thiazole rings is 1. The number of aryl methyl sites for hydroxylation is 1. The molecule has 0 radical (unpaired) electrons. The van der Waals surface area contributed by atoms with Gasteiger partial charge in [0, 0.05) is 10.9 Å². The topological polar surface area (TPSA) is 91.4 Å². The molecule has 170 valence electrons. The Labute approximate surface area is 192 Å². The van der Waals surface area contributed by atoms with Gasteiger partial charge in [-0.25, -0.2) is 9.78 Å². The highest BCUT2D eigenvalue weighted by Gasteiger charge is 2.52. The number of rotatable bonds is 7. The number of hydrogen-bond acceptors (Lipinski definition) is 5. The first-order valence-electron chi connectivity index (χ1n) is 11.4. The van der Waals surface area contributed by atoms with E-state index in [2.05, 4.69) is 41.6 Å². The fourth-order valence-corrected chi connectivity index (χ4v) is 5.14. The molecule has 1 aromatic carbocycles. The van der Waals surface area contributed by atoms with Crippen molar-refractivity contribution >= 4 is 34.3 Å². The number of hydrogen-bond donors (Lipinski definition) is 2. The van der Waals surface area contributed by atoms with Gasteiger partial charge in [-0.3, -0.25) is 14.5 Å². The van der Waals surface area contributed by atoms with Gasteiger partial charge >= 0.3 is 6.03 Å². The summed E-state index contributed by atoms with van der Waals surface area (Å²) in [6.07, 6.45) is 6.46. The summed E-state index contributed by atoms with van der Waals surface area (Å²) in [5.41, 5.74) is 2.25. The van der Waals surface area contributed by atoms with Crippen LogP contribution in [0.5, 0.6) is 0 Å². The average molecular weight is 455 g/mol. The van der Waals surface area contributed by atoms with Crippen LogP contribution >= 0.6 is 11.3 Å². The highest BCUT2D eigenvalue weighted by molar-refractivity contribution is 7.14. The van der Waals surface area contributed by atoms with Crippen LogP contribution in [0.15, 0.2) is 29.6 Å². The molecular formula is C24H30N4O3S. The van der Waals surface area contributed by atoms with E-state index in [1.54, 1.807) is 0 Å². The normalized spacial score (nSPS) is 22.9. The van der Waals surface area contributed by atoms with Crippen molar-refractivity contribution < 1.29 is 14.4 Å². The van der Waals surface area contributed by atoms with Gasteiger partial charge in [-0.2, -0.15) is 0 Å². The number of carbonyl (C=O) groups excluding carboxylic acids is 3. The van der Waals surface area contributed by atoms with E-state index in [0.717, 1.165) is 35.4 Å². The Hall–Kier alpha value is -2.74. The minimum absolute atomic E-state index is 0.285. The van der Waals surface area contributed by atoms with Crippen molar-refractivity contribution in [3.05, 3.63) is 35.2 Å². The molecular weight excluding hydrogens is 424 g/mol. The molecule has 2 fully saturated rings. The monoisotopic (exact) mass is 454 g/mol. The Balaban J connectivity index is 1.35. The fraction of sp³-hybridized carbons (Fsp3) is 0.500. The summed E-state index contributed by atoms with van der Waals surface area (Å²) < 4.78 is 0. The van der Waals surface area contributed by atoms with Gasteiger partial charge in [-0.1, -0.05) is 44.5 Å². The predicted octanol–water partition coefficient (Wildman–Crippen LogP) is 4.59. The Kier molecular flexibility index (Phi) is 6.60. The largest absolute Gasteiger partial charge is 0.325 e. The Morgan fingerprint density at radius 2 is 1.97 bits per heavy atom. The van der Waals surface area contributed by atoms with Crippen LogP contribution in [0.25, 0.3) is 11.3 Å². The van der Waals surface area contributed by atoms with Gasteiger partial charge in [0.05, 0.1) is 5.69 Å². The molecule has 7 nitrogen and oxygen atoms in total. The molecule has 0 bridgehead atoms. The number of anilines is 1. The quantitative estimate of drug-likeness (QED) is 0.599. The maximum atomic E-state index is 12.9. The summed E-state index contributed by atoms with van der Waals surface area (Å²) >= 11 is 1.33. The third-order valence-electron chi connectivity index (χ3n) is 6.49. The highest BCUT2D eigenvalue weighted by Crippen LogP contribution is 2.36. The fourth-order valence-electron chi connectivity index (χ4n) is 4.40. The van der Waals surface area contributed by atoms with Gasteiger partial charge in [0.2, 0.25) is 5.91 Å². The maximum absolute atomic E-state index is 12.9. The predicted molar refractivity (Wildman–Crippen MR) is 125 cm³/mol. The zero-order chi connectivity index (χ0) is 22.7. The van der Waals surface area contributed by atoms with E-state index in [0.29, 0.717) is 23.9 Å². The molecule has 1 aliphatic heterocycles. The molecule has 2 aromatic rings. The summed E-state index contributed by atoms with van der Waals surface area (Å²) in [5, 5.41) is 7.92. The summed E-state index contributed by atoms with van der Waals surface area (Å²) in [4.78, 5) is 43.4. The zero-order valence-electron chi connectivity index (χ0n) is 18.6. The molecule has 8 heteroatoms. The van der Waals surface area contributed by atoms with E-state index in [4.69, 9.17) is 0 Å². The number of aromatic nitrogens is 1. The van der Waals surface area contributed by atoms with Crippen molar-refractivity contribution in [1.82, 2.24) is 15.2 Å². The van der Waals surface area contributed by atoms with E-state index in [1.807, 2.05) is 17.5 Å². The first kappa shape index (κ1) is 22.5. The molecule has 2 heterocycles. The van der Waals surface area contributed by atoms with Crippen molar-refractivity contribution in [2.45, 2.75) is 64.3 Å². The van der Waals surface area contributed by atoms with Crippen molar-refractivity contribution in [2.75, 3.05) is 11.9 Å². The average Bonchev–Trinajstić information content (AvgIpc) is 3.33. The molecule has 1 aromatic heterocycles. The summed E-state index contributed by atoms with van der Waals surface area (Å²) in [6.45, 7) is 4.03. The van der Waals surface area contributed by atoms with Gasteiger partial charge < -0.3 is 10.6 Å². The number of nitrogens with zero attached hydrogens (tertiary/aromatic N) is 2. The smallest absolute Gasteiger partial charge is 0.323 e. The van der Waals surface area contributed by atoms with Crippen molar-refractivity contribution in [1.29, 1.82) is 0 Å². The Morgan fingerprint density at radius 1 is 1.25 bits per heavy atom. The molecule has 2 aliphatic rings. The zero-order valence-corrected chi connectivity index (χ0v) is 19.5. The summed E-state index contributed by atoms with van der Waals surface area (Å²) in [7, 11) is 0. The number of benzene rings is 1. The molecule has 1 saturated heterocycles. The van der Waals surface area contributed by atoms with Crippen LogP contribution in [0, 0.1) is 5.92 Å². The minimum Gasteiger partial charge on any atom is -0.323 e. The van der Waals surface area contributed by atoms with Crippen LogP contribution in [0.1, 0.15) is 57.9 Å². The second-order valence-corrected chi connectivity index (χ2v) is 9.83. The lowest BCUT2D eigenvalue weighted by Gasteiger charge is -2.33. The van der Waals surface area contributed by atoms with Crippen LogP contribution < -0.4 is 10.6 Å². The third-order valence-corrected chi connectivity index (χ3v) is 7.25. The summed E-state index contributed by atoms with van der Waals surface area (Å²) in [5.74, 6) is -0.160. The van der Waals surface area contributed by atoms with Crippen LogP contribution in [-0.4, -0.2) is 39.8 Å². The lowest BCUT2D eigenvalue weighted by atomic mass is 9.77. The Morgan fingerprint density at radius 3 is 2.66 bits per heavy atom. The number of carbonyl (C=O) groups is 3. The molecule has 1 spiro atoms. The van der Waals surface area contributed by atoms with Crippen LogP contribution in [0.3, 0.4) is 0 Å². The number of amides is 4. The second kappa shape index (κ2) is 9.40. The van der Waals surface area contributed by atoms with Gasteiger partial charge in [-0.05, 0) is 50.0 Å². The van der Waals surface area contributed by atoms with Crippen molar-refractivity contribution in [2.24, 2.45) is 5.92 Å². The molecule has 4 amide bonds. The lowest BCUT2D eigenvalue weighted by molar-refractivity contribution is -0.135. The van der Waals surface area contributed by atoms with Crippen molar-refractivity contribution in [3.8, 4) is 11.3 Å². The SMILES string of the molecule is CCCCc1ccc(-c2csc(NC(=O)CN3C(=O)NC4(CCC(C)CC4)C3=O)n2)cc1. The van der Waals surface area contributed by atoms with Gasteiger partial charge in [-0.15, -0.1) is 11.3 Å². The standard InChI is InChI=1S/C24H30N4O3S/c1-3-4-5-17-6-8-18(9-7-17)19-15-32-22(25-19)26-20(29)14-28-21(30)24(27-23(28)31)12-10-16(2)11-13-24/h6-9,15-16H,3-5,10-14H2,1-2H3,(H,27,31)(H,25,26,29). The van der Waals surface area contributed by atoms with E-state index in [1.165, 1.54) is 29.7 Å². The first-order chi connectivity index (χ1) is 15.4. The van der Waals surface area contributed by atoms with E-state index >= 15 is 0 Å². The number of urea groups is 1.